The molecule has 0 aliphatic heterocycles. The number of carbonyl (C=O) groups excluding carboxylic acids is 3. The Labute approximate surface area is 181 Å². The highest BCUT2D eigenvalue weighted by atomic mass is 35.5. The van der Waals surface area contributed by atoms with E-state index in [1.165, 1.54) is 0 Å². The van der Waals surface area contributed by atoms with Crippen molar-refractivity contribution >= 4 is 29.3 Å². The summed E-state index contributed by atoms with van der Waals surface area (Å²) in [6, 6.07) is 13.2. The van der Waals surface area contributed by atoms with Gasteiger partial charge in [0.05, 0.1) is 6.04 Å². The van der Waals surface area contributed by atoms with E-state index in [0.717, 1.165) is 12.8 Å². The van der Waals surface area contributed by atoms with Gasteiger partial charge >= 0.3 is 6.09 Å². The topological polar surface area (TPSA) is 72.5 Å². The number of alkyl carbamates (subject to hydrolysis) is 1. The van der Waals surface area contributed by atoms with Crippen molar-refractivity contribution in [1.82, 2.24) is 5.32 Å². The first kappa shape index (κ1) is 22.0. The molecule has 3 rings (SSSR count). The van der Waals surface area contributed by atoms with Crippen LogP contribution in [0.5, 0.6) is 0 Å². The first-order chi connectivity index (χ1) is 14.1. The number of halogens is 1. The fraction of sp³-hybridized carbons (Fsp3) is 0.375. The zero-order chi connectivity index (χ0) is 21.9. The van der Waals surface area contributed by atoms with Gasteiger partial charge in [0.2, 0.25) is 0 Å². The highest BCUT2D eigenvalue weighted by Crippen LogP contribution is 2.34. The average Bonchev–Trinajstić information content (AvgIpc) is 3.51. The van der Waals surface area contributed by atoms with Crippen LogP contribution < -0.4 is 5.32 Å². The Morgan fingerprint density at radius 1 is 1.10 bits per heavy atom. The van der Waals surface area contributed by atoms with E-state index in [2.05, 4.69) is 5.32 Å². The predicted molar refractivity (Wildman–Crippen MR) is 116 cm³/mol. The molecule has 0 bridgehead atoms. The van der Waals surface area contributed by atoms with Crippen molar-refractivity contribution in [2.24, 2.45) is 5.92 Å². The van der Waals surface area contributed by atoms with Gasteiger partial charge in [0.15, 0.2) is 11.6 Å². The fourth-order valence-corrected chi connectivity index (χ4v) is 3.45. The van der Waals surface area contributed by atoms with Crippen molar-refractivity contribution in [1.29, 1.82) is 0 Å². The van der Waals surface area contributed by atoms with Gasteiger partial charge in [-0.2, -0.15) is 0 Å². The lowest BCUT2D eigenvalue weighted by molar-refractivity contribution is -0.121. The summed E-state index contributed by atoms with van der Waals surface area (Å²) in [5, 5.41) is 3.15. The molecule has 158 valence electrons. The Kier molecular flexibility index (Phi) is 6.61. The lowest BCUT2D eigenvalue weighted by atomic mass is 9.93. The molecule has 0 heterocycles. The molecule has 0 spiro atoms. The molecule has 1 saturated carbocycles. The number of nitrogens with one attached hydrogen (secondary N) is 1. The molecule has 0 radical (unpaired) electrons. The number of hydrogen-bond acceptors (Lipinski definition) is 4. The van der Waals surface area contributed by atoms with Crippen molar-refractivity contribution in [2.75, 3.05) is 0 Å². The summed E-state index contributed by atoms with van der Waals surface area (Å²) in [7, 11) is 0. The van der Waals surface area contributed by atoms with Crippen LogP contribution >= 0.6 is 11.6 Å². The highest BCUT2D eigenvalue weighted by Gasteiger charge is 2.38. The van der Waals surface area contributed by atoms with E-state index in [1.54, 1.807) is 63.2 Å². The second-order valence-corrected chi connectivity index (χ2v) is 9.04. The molecule has 2 aromatic carbocycles. The largest absolute Gasteiger partial charge is 0.444 e. The van der Waals surface area contributed by atoms with Crippen LogP contribution in [0.2, 0.25) is 5.02 Å². The Morgan fingerprint density at radius 2 is 1.77 bits per heavy atom. The molecule has 1 amide bonds. The number of hydrogen-bond donors (Lipinski definition) is 1. The fourth-order valence-electron chi connectivity index (χ4n) is 3.28. The number of ether oxygens (including phenoxy) is 1. The Hall–Kier alpha value is -2.66. The third-order valence-corrected chi connectivity index (χ3v) is 5.06. The van der Waals surface area contributed by atoms with Gasteiger partial charge in [-0.25, -0.2) is 4.79 Å². The molecular formula is C24H26ClNO4. The van der Waals surface area contributed by atoms with Gasteiger partial charge in [-0.3, -0.25) is 9.59 Å². The summed E-state index contributed by atoms with van der Waals surface area (Å²) >= 11 is 6.13. The molecule has 30 heavy (non-hydrogen) atoms. The molecule has 0 unspecified atom stereocenters. The van der Waals surface area contributed by atoms with Gasteiger partial charge in [0.25, 0.3) is 0 Å². The van der Waals surface area contributed by atoms with Crippen LogP contribution in [0.25, 0.3) is 0 Å². The van der Waals surface area contributed by atoms with Gasteiger partial charge in [0, 0.05) is 22.6 Å². The number of carbonyl (C=O) groups is 3. The summed E-state index contributed by atoms with van der Waals surface area (Å²) in [4.78, 5) is 38.3. The lowest BCUT2D eigenvalue weighted by Gasteiger charge is -2.23. The number of ketones is 2. The maximum Gasteiger partial charge on any atom is 0.408 e. The van der Waals surface area contributed by atoms with Crippen LogP contribution in [-0.4, -0.2) is 29.3 Å². The Morgan fingerprint density at radius 3 is 2.37 bits per heavy atom. The maximum absolute atomic E-state index is 13.1. The van der Waals surface area contributed by atoms with Crippen LogP contribution in [0.15, 0.2) is 48.5 Å². The normalized spacial score (nSPS) is 14.7. The van der Waals surface area contributed by atoms with E-state index < -0.39 is 17.7 Å². The number of rotatable bonds is 7. The lowest BCUT2D eigenvalue weighted by Crippen LogP contribution is -2.45. The molecule has 1 atom stereocenters. The second-order valence-electron chi connectivity index (χ2n) is 8.60. The van der Waals surface area contributed by atoms with Crippen molar-refractivity contribution in [2.45, 2.75) is 51.7 Å². The van der Waals surface area contributed by atoms with Gasteiger partial charge in [0.1, 0.15) is 5.60 Å². The zero-order valence-corrected chi connectivity index (χ0v) is 18.2. The van der Waals surface area contributed by atoms with Crippen LogP contribution in [0.3, 0.4) is 0 Å². The predicted octanol–water partition coefficient (Wildman–Crippen LogP) is 4.99. The molecule has 1 N–H and O–H groups in total. The second kappa shape index (κ2) is 9.00. The monoisotopic (exact) mass is 427 g/mol. The first-order valence-corrected chi connectivity index (χ1v) is 10.4. The summed E-state index contributed by atoms with van der Waals surface area (Å²) < 4.78 is 5.31. The summed E-state index contributed by atoms with van der Waals surface area (Å²) in [6.45, 7) is 5.32. The van der Waals surface area contributed by atoms with E-state index in [9.17, 15) is 14.4 Å². The van der Waals surface area contributed by atoms with Crippen molar-refractivity contribution in [3.05, 3.63) is 70.2 Å². The van der Waals surface area contributed by atoms with E-state index >= 15 is 0 Å². The van der Waals surface area contributed by atoms with E-state index in [4.69, 9.17) is 16.3 Å². The Bertz CT molecular complexity index is 945. The number of amides is 1. The van der Waals surface area contributed by atoms with Gasteiger partial charge in [-0.15, -0.1) is 0 Å². The molecule has 2 aromatic rings. The standard InChI is InChI=1S/C24H26ClNO4/c1-24(2,3)30-23(29)26-21(15-9-10-15)20(27)13-17-11-12-18(25)14-19(17)22(28)16-7-5-4-6-8-16/h4-8,11-12,14-15,21H,9-10,13H2,1-3H3,(H,26,29)/t21-/m0/s1. The number of benzene rings is 2. The van der Waals surface area contributed by atoms with Gasteiger partial charge in [-0.1, -0.05) is 48.0 Å². The molecule has 0 saturated heterocycles. The van der Waals surface area contributed by atoms with E-state index in [-0.39, 0.29) is 23.9 Å². The maximum atomic E-state index is 13.1. The minimum atomic E-state index is -0.646. The minimum absolute atomic E-state index is 0.0298. The van der Waals surface area contributed by atoms with Crippen molar-refractivity contribution in [3.63, 3.8) is 0 Å². The van der Waals surface area contributed by atoms with Crippen molar-refractivity contribution < 1.29 is 19.1 Å². The van der Waals surface area contributed by atoms with Crippen LogP contribution in [0.1, 0.15) is 55.1 Å². The zero-order valence-electron chi connectivity index (χ0n) is 17.4. The molecule has 1 aliphatic carbocycles. The summed E-state index contributed by atoms with van der Waals surface area (Å²) in [5.74, 6) is -0.234. The third-order valence-electron chi connectivity index (χ3n) is 4.83. The number of Topliss-reactive ketones (excluding diaryl/α,β-unsaturated/α-hetero) is 1. The molecule has 0 aromatic heterocycles. The quantitative estimate of drug-likeness (QED) is 0.632. The van der Waals surface area contributed by atoms with E-state index in [0.29, 0.717) is 21.7 Å². The average molecular weight is 428 g/mol. The molecule has 6 heteroatoms. The van der Waals surface area contributed by atoms with Crippen LogP contribution in [0.4, 0.5) is 4.79 Å². The molecule has 1 fully saturated rings. The molecular weight excluding hydrogens is 402 g/mol. The van der Waals surface area contributed by atoms with Crippen molar-refractivity contribution in [3.8, 4) is 0 Å². The molecule has 5 nitrogen and oxygen atoms in total. The van der Waals surface area contributed by atoms with E-state index in [1.807, 2.05) is 6.07 Å². The smallest absolute Gasteiger partial charge is 0.408 e. The SMILES string of the molecule is CC(C)(C)OC(=O)N[C@H](C(=O)Cc1ccc(Cl)cc1C(=O)c1ccccc1)C1CC1. The first-order valence-electron chi connectivity index (χ1n) is 10.0. The third kappa shape index (κ3) is 5.92. The van der Waals surface area contributed by atoms with Crippen LogP contribution in [0, 0.1) is 5.92 Å². The van der Waals surface area contributed by atoms with Gasteiger partial charge in [-0.05, 0) is 57.2 Å². The summed E-state index contributed by atoms with van der Waals surface area (Å²) in [5.41, 5.74) is 0.870. The Balaban J connectivity index is 1.80. The van der Waals surface area contributed by atoms with Gasteiger partial charge < -0.3 is 10.1 Å². The minimum Gasteiger partial charge on any atom is -0.444 e. The summed E-state index contributed by atoms with van der Waals surface area (Å²) in [6.07, 6.45) is 1.18. The van der Waals surface area contributed by atoms with Crippen LogP contribution in [-0.2, 0) is 16.0 Å². The molecule has 1 aliphatic rings. The highest BCUT2D eigenvalue weighted by molar-refractivity contribution is 6.31.